The minimum Gasteiger partial charge on any atom is -0.480 e. The van der Waals surface area contributed by atoms with E-state index in [1.165, 1.54) is 21.9 Å². The van der Waals surface area contributed by atoms with Crippen LogP contribution in [0.1, 0.15) is 40.8 Å². The molecular weight excluding hydrogens is 356 g/mol. The predicted octanol–water partition coefficient (Wildman–Crippen LogP) is 0.763. The Morgan fingerprint density at radius 1 is 1.42 bits per heavy atom. The Labute approximate surface area is 151 Å². The van der Waals surface area contributed by atoms with E-state index < -0.39 is 12.0 Å². The zero-order valence-electron chi connectivity index (χ0n) is 13.8. The molecule has 3 aromatic rings. The minimum absolute atomic E-state index is 0.223. The Morgan fingerprint density at radius 3 is 3.04 bits per heavy atom. The van der Waals surface area contributed by atoms with E-state index in [4.69, 9.17) is 0 Å². The molecule has 1 aliphatic carbocycles. The van der Waals surface area contributed by atoms with Gasteiger partial charge < -0.3 is 10.1 Å². The molecule has 0 bridgehead atoms. The number of fused-ring (bicyclic) bond motifs is 2. The number of imidazole rings is 1. The molecule has 10 heteroatoms. The van der Waals surface area contributed by atoms with Gasteiger partial charge in [-0.2, -0.15) is 9.61 Å². The first-order valence-corrected chi connectivity index (χ1v) is 9.28. The van der Waals surface area contributed by atoms with Crippen molar-refractivity contribution in [3.8, 4) is 0 Å². The number of hydrogen-bond donors (Lipinski definition) is 2. The largest absolute Gasteiger partial charge is 0.480 e. The van der Waals surface area contributed by atoms with Crippen LogP contribution in [0.4, 0.5) is 0 Å². The molecule has 1 aliphatic heterocycles. The molecule has 2 aliphatic rings. The molecule has 0 saturated heterocycles. The van der Waals surface area contributed by atoms with E-state index in [0.29, 0.717) is 29.5 Å². The number of carbonyl (C=O) groups is 1. The van der Waals surface area contributed by atoms with Gasteiger partial charge in [0.15, 0.2) is 0 Å². The number of rotatable bonds is 4. The summed E-state index contributed by atoms with van der Waals surface area (Å²) in [5.41, 5.74) is 2.04. The number of nitrogens with one attached hydrogen (secondary N) is 1. The first kappa shape index (κ1) is 15.6. The van der Waals surface area contributed by atoms with Crippen molar-refractivity contribution in [3.05, 3.63) is 44.8 Å². The lowest BCUT2D eigenvalue weighted by Gasteiger charge is -2.31. The van der Waals surface area contributed by atoms with Crippen LogP contribution in [0.15, 0.2) is 17.2 Å². The van der Waals surface area contributed by atoms with Gasteiger partial charge in [-0.1, -0.05) is 11.3 Å². The quantitative estimate of drug-likeness (QED) is 0.694. The van der Waals surface area contributed by atoms with Crippen LogP contribution in [-0.4, -0.2) is 46.6 Å². The summed E-state index contributed by atoms with van der Waals surface area (Å²) in [6, 6.07) is 0.764. The highest BCUT2D eigenvalue weighted by Crippen LogP contribution is 2.41. The molecule has 4 heterocycles. The van der Waals surface area contributed by atoms with Gasteiger partial charge >= 0.3 is 5.97 Å². The van der Waals surface area contributed by atoms with Crippen LogP contribution in [0, 0.1) is 0 Å². The minimum atomic E-state index is -0.898. The Balaban J connectivity index is 1.47. The highest BCUT2D eigenvalue weighted by molar-refractivity contribution is 7.16. The molecule has 0 aromatic carbocycles. The smallest absolute Gasteiger partial charge is 0.321 e. The van der Waals surface area contributed by atoms with E-state index in [0.717, 1.165) is 29.2 Å². The highest BCUT2D eigenvalue weighted by Gasteiger charge is 2.33. The molecule has 2 N–H and O–H groups in total. The van der Waals surface area contributed by atoms with E-state index in [2.05, 4.69) is 20.1 Å². The zero-order valence-corrected chi connectivity index (χ0v) is 14.6. The van der Waals surface area contributed by atoms with Gasteiger partial charge in [0, 0.05) is 31.5 Å². The fourth-order valence-corrected chi connectivity index (χ4v) is 4.44. The summed E-state index contributed by atoms with van der Waals surface area (Å²) in [5, 5.41) is 14.9. The van der Waals surface area contributed by atoms with Gasteiger partial charge in [-0.3, -0.25) is 14.5 Å². The summed E-state index contributed by atoms with van der Waals surface area (Å²) in [4.78, 5) is 38.2. The standard InChI is InChI=1S/C16H16N6O3S/c23-13-3-9(19-16-22(13)20-14(26-16)8-1-2-8)5-21-6-11-10(17-7-18-11)4-12(21)15(24)25/h3,7-8,12H,1-2,4-6H2,(H,17,18)(H,24,25)/t12-/m1/s1. The highest BCUT2D eigenvalue weighted by atomic mass is 32.1. The third-order valence-corrected chi connectivity index (χ3v) is 5.96. The Kier molecular flexibility index (Phi) is 3.44. The number of aliphatic carboxylic acids is 1. The van der Waals surface area contributed by atoms with E-state index >= 15 is 0 Å². The average Bonchev–Trinajstić information content (AvgIpc) is 3.19. The van der Waals surface area contributed by atoms with Gasteiger partial charge in [0.25, 0.3) is 5.56 Å². The van der Waals surface area contributed by atoms with Crippen LogP contribution < -0.4 is 5.56 Å². The van der Waals surface area contributed by atoms with Gasteiger partial charge in [-0.05, 0) is 12.8 Å². The maximum atomic E-state index is 12.4. The number of carboxylic acids is 1. The molecule has 0 unspecified atom stereocenters. The van der Waals surface area contributed by atoms with Crippen molar-refractivity contribution in [3.63, 3.8) is 0 Å². The summed E-state index contributed by atoms with van der Waals surface area (Å²) < 4.78 is 1.35. The van der Waals surface area contributed by atoms with Gasteiger partial charge in [0.05, 0.1) is 23.4 Å². The normalized spacial score (nSPS) is 20.4. The van der Waals surface area contributed by atoms with Crippen molar-refractivity contribution in [1.82, 2.24) is 29.5 Å². The number of aromatic nitrogens is 5. The summed E-state index contributed by atoms with van der Waals surface area (Å²) >= 11 is 1.45. The maximum absolute atomic E-state index is 12.4. The summed E-state index contributed by atoms with van der Waals surface area (Å²) in [6.45, 7) is 0.723. The van der Waals surface area contributed by atoms with Crippen LogP contribution in [0.5, 0.6) is 0 Å². The van der Waals surface area contributed by atoms with Crippen LogP contribution >= 0.6 is 11.3 Å². The van der Waals surface area contributed by atoms with E-state index in [1.54, 1.807) is 6.33 Å². The van der Waals surface area contributed by atoms with Gasteiger partial charge in [0.2, 0.25) is 4.96 Å². The van der Waals surface area contributed by atoms with Crippen molar-refractivity contribution >= 4 is 22.3 Å². The third kappa shape index (κ3) is 2.61. The summed E-state index contributed by atoms with van der Waals surface area (Å²) in [5.74, 6) is -0.438. The Hall–Kier alpha value is -2.59. The van der Waals surface area contributed by atoms with E-state index in [9.17, 15) is 14.7 Å². The number of aromatic amines is 1. The summed E-state index contributed by atoms with van der Waals surface area (Å²) in [7, 11) is 0. The maximum Gasteiger partial charge on any atom is 0.321 e. The molecule has 5 rings (SSSR count). The Bertz CT molecular complexity index is 1070. The van der Waals surface area contributed by atoms with Crippen molar-refractivity contribution in [1.29, 1.82) is 0 Å². The molecule has 1 fully saturated rings. The van der Waals surface area contributed by atoms with Crippen LogP contribution in [-0.2, 0) is 24.3 Å². The lowest BCUT2D eigenvalue weighted by atomic mass is 10.0. The molecule has 3 aromatic heterocycles. The number of carboxylic acid groups (broad SMARTS) is 1. The molecule has 26 heavy (non-hydrogen) atoms. The van der Waals surface area contributed by atoms with Gasteiger partial charge in [-0.15, -0.1) is 0 Å². The van der Waals surface area contributed by atoms with Crippen LogP contribution in [0.2, 0.25) is 0 Å². The van der Waals surface area contributed by atoms with Crippen LogP contribution in [0.3, 0.4) is 0 Å². The van der Waals surface area contributed by atoms with Crippen molar-refractivity contribution < 1.29 is 9.90 Å². The fourth-order valence-electron chi connectivity index (χ4n) is 3.35. The third-order valence-electron chi connectivity index (χ3n) is 4.89. The second-order valence-electron chi connectivity index (χ2n) is 6.79. The van der Waals surface area contributed by atoms with Crippen molar-refractivity contribution in [2.24, 2.45) is 0 Å². The van der Waals surface area contributed by atoms with Gasteiger partial charge in [-0.25, -0.2) is 9.97 Å². The zero-order chi connectivity index (χ0) is 17.8. The average molecular weight is 372 g/mol. The second kappa shape index (κ2) is 5.71. The molecule has 1 atom stereocenters. The van der Waals surface area contributed by atoms with Crippen LogP contribution in [0.25, 0.3) is 4.96 Å². The molecule has 0 radical (unpaired) electrons. The van der Waals surface area contributed by atoms with E-state index in [-0.39, 0.29) is 12.1 Å². The monoisotopic (exact) mass is 372 g/mol. The molecule has 0 amide bonds. The lowest BCUT2D eigenvalue weighted by molar-refractivity contribution is -0.144. The van der Waals surface area contributed by atoms with E-state index in [1.807, 2.05) is 4.90 Å². The number of nitrogens with zero attached hydrogens (tertiary/aromatic N) is 5. The molecule has 9 nitrogen and oxygen atoms in total. The fraction of sp³-hybridized carbons (Fsp3) is 0.438. The molecule has 0 spiro atoms. The molecule has 134 valence electrons. The second-order valence-corrected chi connectivity index (χ2v) is 7.77. The SMILES string of the molecule is O=C(O)[C@H]1Cc2nc[nH]c2CN1Cc1cc(=O)n2nc(C3CC3)sc2n1. The van der Waals surface area contributed by atoms with Crippen molar-refractivity contribution in [2.45, 2.75) is 44.3 Å². The molecular formula is C16H16N6O3S. The predicted molar refractivity (Wildman–Crippen MR) is 92.1 cm³/mol. The van der Waals surface area contributed by atoms with Crippen molar-refractivity contribution in [2.75, 3.05) is 0 Å². The first-order valence-electron chi connectivity index (χ1n) is 8.46. The number of hydrogen-bond acceptors (Lipinski definition) is 7. The Morgan fingerprint density at radius 2 is 2.27 bits per heavy atom. The van der Waals surface area contributed by atoms with Gasteiger partial charge in [0.1, 0.15) is 11.0 Å². The number of H-pyrrole nitrogens is 1. The molecule has 1 saturated carbocycles. The topological polar surface area (TPSA) is 116 Å². The first-order chi connectivity index (χ1) is 12.6. The summed E-state index contributed by atoms with van der Waals surface area (Å²) in [6.07, 6.45) is 4.15. The lowest BCUT2D eigenvalue weighted by Crippen LogP contribution is -2.45.